The number of rotatable bonds is 1. The Morgan fingerprint density at radius 2 is 2.00 bits per heavy atom. The van der Waals surface area contributed by atoms with Crippen LogP contribution in [0.3, 0.4) is 0 Å². The van der Waals surface area contributed by atoms with Gasteiger partial charge in [0.25, 0.3) is 5.91 Å². The predicted molar refractivity (Wildman–Crippen MR) is 81.5 cm³/mol. The van der Waals surface area contributed by atoms with Gasteiger partial charge in [0, 0.05) is 19.5 Å². The zero-order chi connectivity index (χ0) is 16.7. The van der Waals surface area contributed by atoms with Gasteiger partial charge < -0.3 is 19.8 Å². The van der Waals surface area contributed by atoms with E-state index in [1.807, 2.05) is 0 Å². The highest BCUT2D eigenvalue weighted by Gasteiger charge is 2.49. The summed E-state index contributed by atoms with van der Waals surface area (Å²) in [6.07, 6.45) is 0.570. The average molecular weight is 323 g/mol. The molecule has 2 N–H and O–H groups in total. The van der Waals surface area contributed by atoms with Crippen LogP contribution in [0.1, 0.15) is 36.5 Å². The largest absolute Gasteiger partial charge is 0.388 e. The second-order valence-corrected chi connectivity index (χ2v) is 6.82. The van der Waals surface area contributed by atoms with E-state index in [1.165, 1.54) is 12.1 Å². The molecule has 1 amide bonds. The number of aliphatic hydroxyl groups is 2. The first kappa shape index (κ1) is 16.4. The minimum atomic E-state index is -1.18. The lowest BCUT2D eigenvalue weighted by molar-refractivity contribution is -0.221. The first-order valence-corrected chi connectivity index (χ1v) is 7.91. The Kier molecular flexibility index (Phi) is 4.16. The van der Waals surface area contributed by atoms with Crippen molar-refractivity contribution < 1.29 is 24.1 Å². The van der Waals surface area contributed by atoms with Crippen molar-refractivity contribution in [3.8, 4) is 0 Å². The molecule has 2 fully saturated rings. The fourth-order valence-corrected chi connectivity index (χ4v) is 3.50. The normalized spacial score (nSPS) is 30.4. The van der Waals surface area contributed by atoms with Gasteiger partial charge in [-0.15, -0.1) is 0 Å². The lowest BCUT2D eigenvalue weighted by atomic mass is 9.76. The highest BCUT2D eigenvalue weighted by Crippen LogP contribution is 2.39. The van der Waals surface area contributed by atoms with Gasteiger partial charge in [-0.05, 0) is 31.9 Å². The van der Waals surface area contributed by atoms with E-state index in [0.29, 0.717) is 32.4 Å². The maximum atomic E-state index is 13.8. The van der Waals surface area contributed by atoms with Crippen LogP contribution in [0.4, 0.5) is 4.39 Å². The van der Waals surface area contributed by atoms with Crippen LogP contribution in [0, 0.1) is 5.82 Å². The molecule has 23 heavy (non-hydrogen) atoms. The highest BCUT2D eigenvalue weighted by atomic mass is 19.1. The number of halogens is 1. The summed E-state index contributed by atoms with van der Waals surface area (Å²) in [4.78, 5) is 14.0. The molecule has 2 aliphatic heterocycles. The van der Waals surface area contributed by atoms with E-state index in [9.17, 15) is 19.4 Å². The molecule has 1 aromatic carbocycles. The van der Waals surface area contributed by atoms with Crippen LogP contribution in [-0.2, 0) is 4.74 Å². The molecule has 2 saturated heterocycles. The number of likely N-dealkylation sites (tertiary alicyclic amines) is 1. The third-order valence-corrected chi connectivity index (χ3v) is 5.01. The van der Waals surface area contributed by atoms with Crippen molar-refractivity contribution in [2.24, 2.45) is 0 Å². The van der Waals surface area contributed by atoms with Gasteiger partial charge in [-0.1, -0.05) is 12.1 Å². The Hall–Kier alpha value is -1.50. The summed E-state index contributed by atoms with van der Waals surface area (Å²) in [6, 6.07) is 5.97. The summed E-state index contributed by atoms with van der Waals surface area (Å²) in [5, 5.41) is 20.1. The lowest BCUT2D eigenvalue weighted by Crippen LogP contribution is -2.59. The summed E-state index contributed by atoms with van der Waals surface area (Å²) in [6.45, 7) is 2.59. The number of ether oxygens (including phenoxy) is 1. The highest BCUT2D eigenvalue weighted by molar-refractivity contribution is 5.94. The number of nitrogens with zero attached hydrogens (tertiary/aromatic N) is 1. The van der Waals surface area contributed by atoms with Crippen LogP contribution in [0.15, 0.2) is 24.3 Å². The van der Waals surface area contributed by atoms with E-state index < -0.39 is 23.1 Å². The van der Waals surface area contributed by atoms with E-state index in [4.69, 9.17) is 4.74 Å². The van der Waals surface area contributed by atoms with E-state index in [1.54, 1.807) is 24.0 Å². The Labute approximate surface area is 134 Å². The van der Waals surface area contributed by atoms with E-state index in [2.05, 4.69) is 0 Å². The molecule has 6 heteroatoms. The number of carbonyl (C=O) groups excluding carboxylic acids is 1. The maximum absolute atomic E-state index is 13.8. The molecule has 0 saturated carbocycles. The van der Waals surface area contributed by atoms with E-state index >= 15 is 0 Å². The Morgan fingerprint density at radius 1 is 1.35 bits per heavy atom. The summed E-state index contributed by atoms with van der Waals surface area (Å²) in [5.41, 5.74) is -1.62. The molecule has 1 spiro atoms. The molecule has 126 valence electrons. The zero-order valence-electron chi connectivity index (χ0n) is 13.2. The molecule has 3 rings (SSSR count). The summed E-state index contributed by atoms with van der Waals surface area (Å²) in [5.74, 6) is -0.835. The van der Waals surface area contributed by atoms with E-state index in [-0.39, 0.29) is 18.1 Å². The monoisotopic (exact) mass is 323 g/mol. The fraction of sp³-hybridized carbons (Fsp3) is 0.588. The zero-order valence-corrected chi connectivity index (χ0v) is 13.2. The van der Waals surface area contributed by atoms with Crippen LogP contribution in [0.25, 0.3) is 0 Å². The van der Waals surface area contributed by atoms with Crippen LogP contribution >= 0.6 is 0 Å². The molecular formula is C17H22FNO4. The van der Waals surface area contributed by atoms with Gasteiger partial charge in [-0.3, -0.25) is 4.79 Å². The molecular weight excluding hydrogens is 301 g/mol. The van der Waals surface area contributed by atoms with E-state index in [0.717, 1.165) is 0 Å². The van der Waals surface area contributed by atoms with Crippen LogP contribution in [0.2, 0.25) is 0 Å². The first-order chi connectivity index (χ1) is 10.8. The average Bonchev–Trinajstić information content (AvgIpc) is 2.52. The Balaban J connectivity index is 1.67. The smallest absolute Gasteiger partial charge is 0.256 e. The topological polar surface area (TPSA) is 70.0 Å². The van der Waals surface area contributed by atoms with Crippen LogP contribution in [-0.4, -0.2) is 58.0 Å². The van der Waals surface area contributed by atoms with Gasteiger partial charge in [0.2, 0.25) is 0 Å². The lowest BCUT2D eigenvalue weighted by Gasteiger charge is -2.49. The third kappa shape index (κ3) is 3.11. The molecule has 2 heterocycles. The third-order valence-electron chi connectivity index (χ3n) is 5.01. The summed E-state index contributed by atoms with van der Waals surface area (Å²) in [7, 11) is 0. The van der Waals surface area contributed by atoms with Crippen molar-refractivity contribution in [3.63, 3.8) is 0 Å². The molecule has 2 atom stereocenters. The molecule has 2 aliphatic rings. The molecule has 1 aromatic rings. The van der Waals surface area contributed by atoms with Gasteiger partial charge in [0.1, 0.15) is 11.9 Å². The van der Waals surface area contributed by atoms with Crippen molar-refractivity contribution in [1.82, 2.24) is 4.90 Å². The molecule has 0 radical (unpaired) electrons. The minimum Gasteiger partial charge on any atom is -0.388 e. The molecule has 5 nitrogen and oxygen atoms in total. The Morgan fingerprint density at radius 3 is 2.61 bits per heavy atom. The number of piperidine rings is 1. The summed E-state index contributed by atoms with van der Waals surface area (Å²) >= 11 is 0. The van der Waals surface area contributed by atoms with Crippen molar-refractivity contribution in [2.75, 3.05) is 19.7 Å². The SMILES string of the molecule is C[C@]1(O)CC2(CCN(C(=O)c3ccccc3F)CC2)OC[C@@H]1O. The molecule has 0 aromatic heterocycles. The second kappa shape index (κ2) is 5.85. The quantitative estimate of drug-likeness (QED) is 0.818. The molecule has 0 aliphatic carbocycles. The minimum absolute atomic E-state index is 0.0791. The number of hydrogen-bond acceptors (Lipinski definition) is 4. The predicted octanol–water partition coefficient (Wildman–Crippen LogP) is 1.33. The van der Waals surface area contributed by atoms with Gasteiger partial charge in [0.05, 0.1) is 23.4 Å². The van der Waals surface area contributed by atoms with Gasteiger partial charge >= 0.3 is 0 Å². The van der Waals surface area contributed by atoms with Crippen molar-refractivity contribution in [2.45, 2.75) is 43.5 Å². The number of aliphatic hydroxyl groups excluding tert-OH is 1. The first-order valence-electron chi connectivity index (χ1n) is 7.91. The number of carbonyl (C=O) groups is 1. The number of benzene rings is 1. The Bertz CT molecular complexity index is 596. The fourth-order valence-electron chi connectivity index (χ4n) is 3.50. The van der Waals surface area contributed by atoms with Crippen molar-refractivity contribution in [3.05, 3.63) is 35.6 Å². The van der Waals surface area contributed by atoms with Gasteiger partial charge in [0.15, 0.2) is 0 Å². The van der Waals surface area contributed by atoms with Crippen molar-refractivity contribution in [1.29, 1.82) is 0 Å². The van der Waals surface area contributed by atoms with Crippen LogP contribution in [0.5, 0.6) is 0 Å². The molecule has 0 unspecified atom stereocenters. The molecule has 0 bridgehead atoms. The number of hydrogen-bond donors (Lipinski definition) is 2. The summed E-state index contributed by atoms with van der Waals surface area (Å²) < 4.78 is 19.5. The number of amides is 1. The maximum Gasteiger partial charge on any atom is 0.256 e. The van der Waals surface area contributed by atoms with Crippen molar-refractivity contribution >= 4 is 5.91 Å². The van der Waals surface area contributed by atoms with Gasteiger partial charge in [-0.2, -0.15) is 0 Å². The van der Waals surface area contributed by atoms with Crippen LogP contribution < -0.4 is 0 Å². The standard InChI is InChI=1S/C17H22FNO4/c1-16(22)11-17(23-10-14(16)20)6-8-19(9-7-17)15(21)12-4-2-3-5-13(12)18/h2-5,14,20,22H,6-11H2,1H3/t14-,16-/m0/s1. The second-order valence-electron chi connectivity index (χ2n) is 6.82. The van der Waals surface area contributed by atoms with Gasteiger partial charge in [-0.25, -0.2) is 4.39 Å².